The minimum Gasteiger partial charge on any atom is -0.352 e. The first kappa shape index (κ1) is 12.6. The summed E-state index contributed by atoms with van der Waals surface area (Å²) in [4.78, 5) is 15.9. The van der Waals surface area contributed by atoms with Crippen LogP contribution in [-0.2, 0) is 6.42 Å². The third kappa shape index (κ3) is 3.98. The van der Waals surface area contributed by atoms with Crippen LogP contribution in [0, 0.1) is 0 Å². The number of amides is 1. The molecule has 0 aliphatic carbocycles. The number of carbonyl (C=O) groups excluding carboxylic acids is 1. The van der Waals surface area contributed by atoms with Crippen molar-refractivity contribution in [2.24, 2.45) is 5.73 Å². The predicted octanol–water partition coefficient (Wildman–Crippen LogP) is 1.11. The fourth-order valence-electron chi connectivity index (χ4n) is 1.38. The lowest BCUT2D eigenvalue weighted by Gasteiger charge is -2.05. The maximum Gasteiger partial charge on any atom is 0.251 e. The summed E-state index contributed by atoms with van der Waals surface area (Å²) in [7, 11) is 0. The Morgan fingerprint density at radius 2 is 2.38 bits per heavy atom. The Kier molecular flexibility index (Phi) is 5.50. The number of nitrogens with one attached hydrogen (secondary N) is 1. The number of hydrogen-bond donors (Lipinski definition) is 2. The number of rotatable bonds is 6. The summed E-state index contributed by atoms with van der Waals surface area (Å²) in [5, 5.41) is 2.87. The second-order valence-electron chi connectivity index (χ2n) is 3.68. The van der Waals surface area contributed by atoms with E-state index in [-0.39, 0.29) is 5.91 Å². The fraction of sp³-hybridized carbons (Fsp3) is 0.500. The molecule has 1 rings (SSSR count). The number of carbonyl (C=O) groups is 1. The van der Waals surface area contributed by atoms with Gasteiger partial charge in [0.2, 0.25) is 0 Å². The van der Waals surface area contributed by atoms with Gasteiger partial charge in [0.15, 0.2) is 0 Å². The maximum absolute atomic E-state index is 11.7. The highest BCUT2D eigenvalue weighted by Crippen LogP contribution is 2.02. The highest BCUT2D eigenvalue weighted by molar-refractivity contribution is 5.94. The van der Waals surface area contributed by atoms with E-state index in [0.29, 0.717) is 18.5 Å². The van der Waals surface area contributed by atoms with Gasteiger partial charge in [-0.25, -0.2) is 0 Å². The van der Waals surface area contributed by atoms with Crippen molar-refractivity contribution in [1.29, 1.82) is 0 Å². The molecule has 1 aromatic heterocycles. The normalized spacial score (nSPS) is 10.1. The first-order valence-electron chi connectivity index (χ1n) is 5.71. The second kappa shape index (κ2) is 6.95. The SMILES string of the molecule is CCCCNC(=O)c1ccnc(CCN)c1. The fourth-order valence-corrected chi connectivity index (χ4v) is 1.38. The minimum atomic E-state index is -0.0332. The van der Waals surface area contributed by atoms with Crippen LogP contribution < -0.4 is 11.1 Å². The molecule has 4 nitrogen and oxygen atoms in total. The Bertz CT molecular complexity index is 339. The zero-order valence-corrected chi connectivity index (χ0v) is 9.70. The minimum absolute atomic E-state index is 0.0332. The predicted molar refractivity (Wildman–Crippen MR) is 64.2 cm³/mol. The quantitative estimate of drug-likeness (QED) is 0.707. The van der Waals surface area contributed by atoms with E-state index in [1.165, 1.54) is 0 Å². The Balaban J connectivity index is 2.57. The van der Waals surface area contributed by atoms with E-state index in [1.54, 1.807) is 18.3 Å². The Morgan fingerprint density at radius 1 is 1.56 bits per heavy atom. The molecule has 0 aliphatic rings. The molecule has 0 saturated carbocycles. The summed E-state index contributed by atoms with van der Waals surface area (Å²) in [5.41, 5.74) is 6.97. The monoisotopic (exact) mass is 221 g/mol. The molecular formula is C12H19N3O. The van der Waals surface area contributed by atoms with Gasteiger partial charge >= 0.3 is 0 Å². The van der Waals surface area contributed by atoms with E-state index < -0.39 is 0 Å². The third-order valence-electron chi connectivity index (χ3n) is 2.30. The van der Waals surface area contributed by atoms with Crippen molar-refractivity contribution in [3.8, 4) is 0 Å². The molecule has 1 amide bonds. The van der Waals surface area contributed by atoms with Crippen LogP contribution in [0.5, 0.6) is 0 Å². The van der Waals surface area contributed by atoms with Crippen LogP contribution in [0.3, 0.4) is 0 Å². The average molecular weight is 221 g/mol. The van der Waals surface area contributed by atoms with Gasteiger partial charge in [-0.1, -0.05) is 13.3 Å². The maximum atomic E-state index is 11.7. The second-order valence-corrected chi connectivity index (χ2v) is 3.68. The van der Waals surface area contributed by atoms with Crippen LogP contribution in [0.25, 0.3) is 0 Å². The van der Waals surface area contributed by atoms with Gasteiger partial charge < -0.3 is 11.1 Å². The number of aromatic nitrogens is 1. The molecule has 4 heteroatoms. The van der Waals surface area contributed by atoms with Crippen LogP contribution in [0.15, 0.2) is 18.3 Å². The first-order valence-corrected chi connectivity index (χ1v) is 5.71. The summed E-state index contributed by atoms with van der Waals surface area (Å²) in [5.74, 6) is -0.0332. The number of nitrogens with zero attached hydrogens (tertiary/aromatic N) is 1. The highest BCUT2D eigenvalue weighted by Gasteiger charge is 2.05. The molecule has 16 heavy (non-hydrogen) atoms. The van der Waals surface area contributed by atoms with Crippen molar-refractivity contribution >= 4 is 5.91 Å². The van der Waals surface area contributed by atoms with E-state index >= 15 is 0 Å². The van der Waals surface area contributed by atoms with E-state index in [0.717, 1.165) is 25.1 Å². The van der Waals surface area contributed by atoms with E-state index in [9.17, 15) is 4.79 Å². The van der Waals surface area contributed by atoms with Gasteiger partial charge in [0, 0.05) is 30.4 Å². The molecule has 0 bridgehead atoms. The molecule has 0 unspecified atom stereocenters. The zero-order valence-electron chi connectivity index (χ0n) is 9.70. The molecule has 0 radical (unpaired) electrons. The molecule has 0 saturated heterocycles. The van der Waals surface area contributed by atoms with Crippen LogP contribution >= 0.6 is 0 Å². The summed E-state index contributed by atoms with van der Waals surface area (Å²) in [6.45, 7) is 3.37. The molecule has 0 spiro atoms. The number of pyridine rings is 1. The summed E-state index contributed by atoms with van der Waals surface area (Å²) < 4.78 is 0. The Hall–Kier alpha value is -1.42. The van der Waals surface area contributed by atoms with Crippen molar-refractivity contribution < 1.29 is 4.79 Å². The smallest absolute Gasteiger partial charge is 0.251 e. The summed E-state index contributed by atoms with van der Waals surface area (Å²) in [6.07, 6.45) is 4.44. The molecule has 0 aliphatic heterocycles. The first-order chi connectivity index (χ1) is 7.77. The molecule has 0 atom stereocenters. The van der Waals surface area contributed by atoms with Crippen molar-refractivity contribution in [2.45, 2.75) is 26.2 Å². The van der Waals surface area contributed by atoms with Crippen LogP contribution in [0.2, 0.25) is 0 Å². The highest BCUT2D eigenvalue weighted by atomic mass is 16.1. The van der Waals surface area contributed by atoms with Gasteiger partial charge in [-0.05, 0) is 25.1 Å². The lowest BCUT2D eigenvalue weighted by Crippen LogP contribution is -2.24. The number of nitrogens with two attached hydrogens (primary N) is 1. The molecule has 0 aromatic carbocycles. The molecule has 0 fully saturated rings. The molecule has 1 heterocycles. The van der Waals surface area contributed by atoms with Crippen molar-refractivity contribution in [2.75, 3.05) is 13.1 Å². The van der Waals surface area contributed by atoms with Crippen molar-refractivity contribution in [3.05, 3.63) is 29.6 Å². The van der Waals surface area contributed by atoms with Crippen LogP contribution in [-0.4, -0.2) is 24.0 Å². The molecule has 3 N–H and O–H groups in total. The standard InChI is InChI=1S/C12H19N3O/c1-2-3-7-15-12(16)10-5-8-14-11(9-10)4-6-13/h5,8-9H,2-4,6-7,13H2,1H3,(H,15,16). The summed E-state index contributed by atoms with van der Waals surface area (Å²) >= 11 is 0. The topological polar surface area (TPSA) is 68.0 Å². The third-order valence-corrected chi connectivity index (χ3v) is 2.30. The van der Waals surface area contributed by atoms with Crippen LogP contribution in [0.1, 0.15) is 35.8 Å². The van der Waals surface area contributed by atoms with Crippen molar-refractivity contribution in [3.63, 3.8) is 0 Å². The Labute approximate surface area is 96.3 Å². The van der Waals surface area contributed by atoms with E-state index in [4.69, 9.17) is 5.73 Å². The summed E-state index contributed by atoms with van der Waals surface area (Å²) in [6, 6.07) is 3.52. The Morgan fingerprint density at radius 3 is 3.06 bits per heavy atom. The van der Waals surface area contributed by atoms with Crippen molar-refractivity contribution in [1.82, 2.24) is 10.3 Å². The van der Waals surface area contributed by atoms with E-state index in [1.807, 2.05) is 0 Å². The largest absolute Gasteiger partial charge is 0.352 e. The molecular weight excluding hydrogens is 202 g/mol. The van der Waals surface area contributed by atoms with Gasteiger partial charge in [0.1, 0.15) is 0 Å². The number of hydrogen-bond acceptors (Lipinski definition) is 3. The van der Waals surface area contributed by atoms with Gasteiger partial charge in [-0.2, -0.15) is 0 Å². The van der Waals surface area contributed by atoms with Gasteiger partial charge in [0.05, 0.1) is 0 Å². The average Bonchev–Trinajstić information content (AvgIpc) is 2.30. The van der Waals surface area contributed by atoms with E-state index in [2.05, 4.69) is 17.2 Å². The number of unbranched alkanes of at least 4 members (excludes halogenated alkanes) is 1. The van der Waals surface area contributed by atoms with Gasteiger partial charge in [-0.15, -0.1) is 0 Å². The lowest BCUT2D eigenvalue weighted by atomic mass is 10.2. The molecule has 1 aromatic rings. The zero-order chi connectivity index (χ0) is 11.8. The lowest BCUT2D eigenvalue weighted by molar-refractivity contribution is 0.0953. The van der Waals surface area contributed by atoms with Crippen LogP contribution in [0.4, 0.5) is 0 Å². The van der Waals surface area contributed by atoms with Gasteiger partial charge in [0.25, 0.3) is 5.91 Å². The molecule has 88 valence electrons. The van der Waals surface area contributed by atoms with Gasteiger partial charge in [-0.3, -0.25) is 9.78 Å².